The van der Waals surface area contributed by atoms with Gasteiger partial charge in [-0.05, 0) is 42.0 Å². The third-order valence-corrected chi connectivity index (χ3v) is 5.33. The molecule has 1 saturated heterocycles. The van der Waals surface area contributed by atoms with E-state index in [0.717, 1.165) is 13.1 Å². The van der Waals surface area contributed by atoms with E-state index in [0.29, 0.717) is 24.3 Å². The standard InChI is InChI=1S/C24H25N3O3/c1-2-30-23(28)21-9-5-6-10-22(21)25-24(29)27-15-13-26(14-16-27)20-12-11-18-7-3-4-8-19(18)17-20/h3-12,17H,2,13-16H2,1H3,(H,25,29). The number of ether oxygens (including phenoxy) is 1. The van der Waals surface area contributed by atoms with Gasteiger partial charge in [-0.15, -0.1) is 0 Å². The maximum Gasteiger partial charge on any atom is 0.340 e. The number of amides is 2. The molecule has 3 aromatic rings. The zero-order valence-corrected chi connectivity index (χ0v) is 17.0. The number of carbonyl (C=O) groups is 2. The molecule has 0 spiro atoms. The zero-order chi connectivity index (χ0) is 20.9. The molecule has 2 amide bonds. The Kier molecular flexibility index (Phi) is 5.84. The van der Waals surface area contributed by atoms with Crippen LogP contribution < -0.4 is 10.2 Å². The lowest BCUT2D eigenvalue weighted by Gasteiger charge is -2.36. The topological polar surface area (TPSA) is 61.9 Å². The fraction of sp³-hybridized carbons (Fsp3) is 0.250. The van der Waals surface area contributed by atoms with E-state index in [4.69, 9.17) is 4.74 Å². The van der Waals surface area contributed by atoms with Crippen LogP contribution in [-0.4, -0.2) is 49.7 Å². The van der Waals surface area contributed by atoms with Gasteiger partial charge in [0.25, 0.3) is 0 Å². The quantitative estimate of drug-likeness (QED) is 0.657. The molecule has 1 aliphatic heterocycles. The van der Waals surface area contributed by atoms with Crippen molar-refractivity contribution in [3.8, 4) is 0 Å². The fourth-order valence-electron chi connectivity index (χ4n) is 3.71. The number of para-hydroxylation sites is 1. The van der Waals surface area contributed by atoms with Gasteiger partial charge in [0.2, 0.25) is 0 Å². The minimum atomic E-state index is -0.436. The number of nitrogens with zero attached hydrogens (tertiary/aromatic N) is 2. The van der Waals surface area contributed by atoms with E-state index < -0.39 is 5.97 Å². The molecule has 1 heterocycles. The summed E-state index contributed by atoms with van der Waals surface area (Å²) in [5.74, 6) is -0.436. The Hall–Kier alpha value is -3.54. The van der Waals surface area contributed by atoms with E-state index >= 15 is 0 Å². The molecule has 3 aromatic carbocycles. The molecule has 1 aliphatic rings. The van der Waals surface area contributed by atoms with E-state index in [1.807, 2.05) is 12.1 Å². The summed E-state index contributed by atoms with van der Waals surface area (Å²) >= 11 is 0. The molecule has 0 radical (unpaired) electrons. The normalized spacial score (nSPS) is 13.9. The lowest BCUT2D eigenvalue weighted by atomic mass is 10.1. The van der Waals surface area contributed by atoms with Crippen LogP contribution in [0.3, 0.4) is 0 Å². The summed E-state index contributed by atoms with van der Waals surface area (Å²) in [7, 11) is 0. The first-order valence-corrected chi connectivity index (χ1v) is 10.2. The number of esters is 1. The molecule has 0 saturated carbocycles. The number of piperazine rings is 1. The van der Waals surface area contributed by atoms with Crippen LogP contribution in [0.25, 0.3) is 10.8 Å². The highest BCUT2D eigenvalue weighted by atomic mass is 16.5. The summed E-state index contributed by atoms with van der Waals surface area (Å²) in [6, 6.07) is 21.5. The van der Waals surface area contributed by atoms with Crippen molar-refractivity contribution in [3.05, 3.63) is 72.3 Å². The molecule has 0 aromatic heterocycles. The minimum absolute atomic E-state index is 0.204. The largest absolute Gasteiger partial charge is 0.462 e. The van der Waals surface area contributed by atoms with Gasteiger partial charge >= 0.3 is 12.0 Å². The van der Waals surface area contributed by atoms with Crippen LogP contribution in [0, 0.1) is 0 Å². The van der Waals surface area contributed by atoms with Crippen LogP contribution in [0.1, 0.15) is 17.3 Å². The molecular weight excluding hydrogens is 378 g/mol. The maximum absolute atomic E-state index is 12.8. The van der Waals surface area contributed by atoms with Gasteiger partial charge < -0.3 is 19.9 Å². The van der Waals surface area contributed by atoms with Gasteiger partial charge in [0.15, 0.2) is 0 Å². The second kappa shape index (κ2) is 8.86. The van der Waals surface area contributed by atoms with Crippen molar-refractivity contribution in [2.75, 3.05) is 43.0 Å². The van der Waals surface area contributed by atoms with E-state index in [1.165, 1.54) is 16.5 Å². The third-order valence-electron chi connectivity index (χ3n) is 5.33. The number of rotatable bonds is 4. The fourth-order valence-corrected chi connectivity index (χ4v) is 3.71. The van der Waals surface area contributed by atoms with Gasteiger partial charge in [-0.3, -0.25) is 0 Å². The number of anilines is 2. The molecule has 0 bridgehead atoms. The SMILES string of the molecule is CCOC(=O)c1ccccc1NC(=O)N1CCN(c2ccc3ccccc3c2)CC1. The van der Waals surface area contributed by atoms with Crippen molar-refractivity contribution >= 4 is 34.1 Å². The zero-order valence-electron chi connectivity index (χ0n) is 17.0. The van der Waals surface area contributed by atoms with Crippen LogP contribution in [0.15, 0.2) is 66.7 Å². The van der Waals surface area contributed by atoms with Gasteiger partial charge in [-0.2, -0.15) is 0 Å². The van der Waals surface area contributed by atoms with Crippen LogP contribution in [0.4, 0.5) is 16.2 Å². The van der Waals surface area contributed by atoms with Gasteiger partial charge in [0.05, 0.1) is 17.9 Å². The predicted molar refractivity (Wildman–Crippen MR) is 119 cm³/mol. The first kappa shape index (κ1) is 19.8. The Morgan fingerprint density at radius 2 is 1.60 bits per heavy atom. The number of hydrogen-bond acceptors (Lipinski definition) is 4. The van der Waals surface area contributed by atoms with Gasteiger partial charge in [-0.1, -0.05) is 42.5 Å². The lowest BCUT2D eigenvalue weighted by Crippen LogP contribution is -2.50. The monoisotopic (exact) mass is 403 g/mol. The number of urea groups is 1. The van der Waals surface area contributed by atoms with Gasteiger partial charge in [0.1, 0.15) is 0 Å². The molecule has 6 nitrogen and oxygen atoms in total. The molecular formula is C24H25N3O3. The molecule has 0 unspecified atom stereocenters. The highest BCUT2D eigenvalue weighted by molar-refractivity contribution is 6.00. The van der Waals surface area contributed by atoms with E-state index in [-0.39, 0.29) is 12.6 Å². The average Bonchev–Trinajstić information content (AvgIpc) is 2.79. The van der Waals surface area contributed by atoms with Gasteiger partial charge in [-0.25, -0.2) is 9.59 Å². The Bertz CT molecular complexity index is 1060. The van der Waals surface area contributed by atoms with Crippen LogP contribution in [-0.2, 0) is 4.74 Å². The third kappa shape index (κ3) is 4.22. The summed E-state index contributed by atoms with van der Waals surface area (Å²) < 4.78 is 5.08. The van der Waals surface area contributed by atoms with E-state index in [1.54, 1.807) is 36.1 Å². The lowest BCUT2D eigenvalue weighted by molar-refractivity contribution is 0.0527. The molecule has 1 fully saturated rings. The summed E-state index contributed by atoms with van der Waals surface area (Å²) in [6.45, 7) is 4.78. The average molecular weight is 403 g/mol. The molecule has 0 atom stereocenters. The maximum atomic E-state index is 12.8. The highest BCUT2D eigenvalue weighted by Crippen LogP contribution is 2.23. The number of fused-ring (bicyclic) bond motifs is 1. The molecule has 30 heavy (non-hydrogen) atoms. The van der Waals surface area contributed by atoms with Crippen molar-refractivity contribution in [2.45, 2.75) is 6.92 Å². The number of hydrogen-bond donors (Lipinski definition) is 1. The number of benzene rings is 3. The molecule has 0 aliphatic carbocycles. The summed E-state index contributed by atoms with van der Waals surface area (Å²) in [5, 5.41) is 5.30. The summed E-state index contributed by atoms with van der Waals surface area (Å²) in [6.07, 6.45) is 0. The number of nitrogens with one attached hydrogen (secondary N) is 1. The first-order valence-electron chi connectivity index (χ1n) is 10.2. The van der Waals surface area contributed by atoms with Gasteiger partial charge in [0, 0.05) is 31.9 Å². The first-order chi connectivity index (χ1) is 14.7. The predicted octanol–water partition coefficient (Wildman–Crippen LogP) is 4.37. The van der Waals surface area contributed by atoms with Crippen molar-refractivity contribution in [3.63, 3.8) is 0 Å². The molecule has 4 rings (SSSR count). The van der Waals surface area contributed by atoms with Crippen LogP contribution in [0.2, 0.25) is 0 Å². The Morgan fingerprint density at radius 3 is 2.37 bits per heavy atom. The Morgan fingerprint density at radius 1 is 0.900 bits per heavy atom. The van der Waals surface area contributed by atoms with Crippen molar-refractivity contribution in [1.29, 1.82) is 0 Å². The Labute approximate surface area is 176 Å². The summed E-state index contributed by atoms with van der Waals surface area (Å²) in [5.41, 5.74) is 2.00. The second-order valence-electron chi connectivity index (χ2n) is 7.20. The molecule has 1 N–H and O–H groups in total. The minimum Gasteiger partial charge on any atom is -0.462 e. The van der Waals surface area contributed by atoms with Crippen LogP contribution in [0.5, 0.6) is 0 Å². The van der Waals surface area contributed by atoms with E-state index in [2.05, 4.69) is 40.5 Å². The van der Waals surface area contributed by atoms with E-state index in [9.17, 15) is 9.59 Å². The molecule has 6 heteroatoms. The molecule has 154 valence electrons. The van der Waals surface area contributed by atoms with Crippen LogP contribution >= 0.6 is 0 Å². The number of carbonyl (C=O) groups excluding carboxylic acids is 2. The summed E-state index contributed by atoms with van der Waals surface area (Å²) in [4.78, 5) is 29.0. The smallest absolute Gasteiger partial charge is 0.340 e. The van der Waals surface area contributed by atoms with Crippen molar-refractivity contribution in [1.82, 2.24) is 4.90 Å². The Balaban J connectivity index is 1.39. The highest BCUT2D eigenvalue weighted by Gasteiger charge is 2.23. The van der Waals surface area contributed by atoms with Crippen molar-refractivity contribution < 1.29 is 14.3 Å². The van der Waals surface area contributed by atoms with Crippen molar-refractivity contribution in [2.24, 2.45) is 0 Å². The second-order valence-corrected chi connectivity index (χ2v) is 7.20.